The van der Waals surface area contributed by atoms with Crippen molar-refractivity contribution in [1.29, 1.82) is 0 Å². The second-order valence-corrected chi connectivity index (χ2v) is 17.6. The highest BCUT2D eigenvalue weighted by Crippen LogP contribution is 2.35. The standard InChI is InChI=1S/C28H26FN3O4.C26H22F3N3O4/c1-17(33)32(14-18-3-4-18)26-10-7-19(12-24(26)28(35)36-2)25-9-6-20(13-30-25)27(34)31-15-21-5-8-23(29)11-22(21)16-31;1-15(33)32(14-24(28)29)23-8-5-16(10-21(23)26(35)36-2)22-7-4-17(11-30-22)25(34)31-12-18-3-6-20(27)9-19(18)13-31/h5-13,18H,3-4,14-16H2,1-2H3;3-11,24H,12-14H2,1-2H3. The van der Waals surface area contributed by atoms with Crippen LogP contribution in [-0.4, -0.2) is 89.1 Å². The van der Waals surface area contributed by atoms with E-state index in [1.807, 2.05) is 0 Å². The van der Waals surface area contributed by atoms with E-state index < -0.39 is 30.8 Å². The highest BCUT2D eigenvalue weighted by molar-refractivity contribution is 6.04. The van der Waals surface area contributed by atoms with Crippen LogP contribution in [-0.2, 0) is 45.2 Å². The molecule has 0 unspecified atom stereocenters. The Labute approximate surface area is 411 Å². The number of ether oxygens (including phenoxy) is 2. The van der Waals surface area contributed by atoms with Crippen molar-refractivity contribution >= 4 is 46.9 Å². The molecule has 0 saturated heterocycles. The van der Waals surface area contributed by atoms with E-state index in [0.29, 0.717) is 78.0 Å². The van der Waals surface area contributed by atoms with Crippen molar-refractivity contribution in [3.63, 3.8) is 0 Å². The Bertz CT molecular complexity index is 2900. The van der Waals surface area contributed by atoms with Crippen molar-refractivity contribution in [3.05, 3.63) is 166 Å². The van der Waals surface area contributed by atoms with Crippen LogP contribution in [0.5, 0.6) is 0 Å². The van der Waals surface area contributed by atoms with Gasteiger partial charge in [0.2, 0.25) is 11.8 Å². The monoisotopic (exact) mass is 984 g/mol. The number of rotatable bonds is 12. The van der Waals surface area contributed by atoms with E-state index in [9.17, 15) is 46.3 Å². The molecule has 370 valence electrons. The van der Waals surface area contributed by atoms with E-state index >= 15 is 0 Å². The smallest absolute Gasteiger partial charge is 0.340 e. The SMILES string of the molecule is COC(=O)c1cc(-c2ccc(C(=O)N3Cc4ccc(F)cc4C3)cn2)ccc1N(CC(F)F)C(C)=O.COC(=O)c1cc(-c2ccc(C(=O)N3Cc4ccc(F)cc4C3)cn2)ccc1N(CC1CC1)C(C)=O. The minimum absolute atomic E-state index is 0.00441. The van der Waals surface area contributed by atoms with Crippen LogP contribution in [0, 0.1) is 17.6 Å². The molecule has 1 aliphatic carbocycles. The summed E-state index contributed by atoms with van der Waals surface area (Å²) in [6, 6.07) is 25.1. The molecule has 0 N–H and O–H groups in total. The molecule has 1 saturated carbocycles. The number of pyridine rings is 2. The van der Waals surface area contributed by atoms with Gasteiger partial charge in [-0.3, -0.25) is 29.1 Å². The van der Waals surface area contributed by atoms with Crippen molar-refractivity contribution in [3.8, 4) is 22.5 Å². The Balaban J connectivity index is 0.000000193. The number of benzene rings is 4. The number of hydrogen-bond donors (Lipinski definition) is 0. The molecule has 2 aliphatic heterocycles. The Morgan fingerprint density at radius 1 is 0.583 bits per heavy atom. The quantitative estimate of drug-likeness (QED) is 0.0856. The van der Waals surface area contributed by atoms with Crippen LogP contribution in [0.25, 0.3) is 22.5 Å². The number of carbonyl (C=O) groups is 6. The third-order valence-corrected chi connectivity index (χ3v) is 12.6. The minimum Gasteiger partial charge on any atom is -0.465 e. The van der Waals surface area contributed by atoms with Crippen LogP contribution < -0.4 is 9.80 Å². The number of hydrogen-bond acceptors (Lipinski definition) is 10. The highest BCUT2D eigenvalue weighted by Gasteiger charge is 2.31. The van der Waals surface area contributed by atoms with Gasteiger partial charge in [-0.2, -0.15) is 0 Å². The molecule has 1 fully saturated rings. The number of amides is 4. The molecule has 4 amide bonds. The molecule has 0 radical (unpaired) electrons. The van der Waals surface area contributed by atoms with Crippen molar-refractivity contribution in [2.75, 3.05) is 37.1 Å². The normalized spacial score (nSPS) is 13.4. The van der Waals surface area contributed by atoms with Crippen molar-refractivity contribution < 1.29 is 55.8 Å². The Morgan fingerprint density at radius 3 is 1.39 bits per heavy atom. The van der Waals surface area contributed by atoms with Gasteiger partial charge in [0.1, 0.15) is 11.6 Å². The zero-order chi connectivity index (χ0) is 51.4. The molecular formula is C54H48F4N6O8. The third-order valence-electron chi connectivity index (χ3n) is 12.6. The number of alkyl halides is 2. The first-order valence-corrected chi connectivity index (χ1v) is 22.9. The lowest BCUT2D eigenvalue weighted by molar-refractivity contribution is -0.117. The minimum atomic E-state index is -2.80. The van der Waals surface area contributed by atoms with Gasteiger partial charge in [-0.25, -0.2) is 27.2 Å². The van der Waals surface area contributed by atoms with Crippen LogP contribution in [0.2, 0.25) is 0 Å². The van der Waals surface area contributed by atoms with Crippen LogP contribution in [0.1, 0.15) is 90.4 Å². The maximum atomic E-state index is 13.5. The van der Waals surface area contributed by atoms with Crippen molar-refractivity contribution in [2.24, 2.45) is 5.92 Å². The van der Waals surface area contributed by atoms with Crippen LogP contribution in [0.15, 0.2) is 109 Å². The number of anilines is 2. The molecule has 0 atom stereocenters. The van der Waals surface area contributed by atoms with Gasteiger partial charge in [0, 0.05) is 70.1 Å². The first-order valence-electron chi connectivity index (χ1n) is 22.9. The van der Waals surface area contributed by atoms with E-state index in [-0.39, 0.29) is 46.2 Å². The summed E-state index contributed by atoms with van der Waals surface area (Å²) >= 11 is 0. The van der Waals surface area contributed by atoms with E-state index in [2.05, 4.69) is 9.97 Å². The fourth-order valence-electron chi connectivity index (χ4n) is 8.66. The van der Waals surface area contributed by atoms with Gasteiger partial charge in [0.15, 0.2) is 0 Å². The van der Waals surface area contributed by atoms with Gasteiger partial charge in [0.25, 0.3) is 18.2 Å². The second-order valence-electron chi connectivity index (χ2n) is 17.6. The molecule has 6 aromatic rings. The number of esters is 2. The Hall–Kier alpha value is -8.28. The van der Waals surface area contributed by atoms with Gasteiger partial charge >= 0.3 is 11.9 Å². The highest BCUT2D eigenvalue weighted by atomic mass is 19.3. The summed E-state index contributed by atoms with van der Waals surface area (Å²) in [4.78, 5) is 89.7. The summed E-state index contributed by atoms with van der Waals surface area (Å²) in [6.45, 7) is 3.75. The maximum absolute atomic E-state index is 13.5. The molecule has 2 aromatic heterocycles. The summed E-state index contributed by atoms with van der Waals surface area (Å²) in [5.41, 5.74) is 6.98. The Kier molecular flexibility index (Phi) is 14.9. The van der Waals surface area contributed by atoms with Crippen LogP contribution >= 0.6 is 0 Å². The van der Waals surface area contributed by atoms with Crippen molar-refractivity contribution in [2.45, 2.75) is 59.3 Å². The molecular weight excluding hydrogens is 937 g/mol. The molecule has 72 heavy (non-hydrogen) atoms. The lowest BCUT2D eigenvalue weighted by atomic mass is 10.0. The molecule has 0 bridgehead atoms. The van der Waals surface area contributed by atoms with Gasteiger partial charge < -0.3 is 29.1 Å². The van der Waals surface area contributed by atoms with E-state index in [4.69, 9.17) is 9.47 Å². The number of halogens is 4. The summed E-state index contributed by atoms with van der Waals surface area (Å²) in [7, 11) is 2.45. The van der Waals surface area contributed by atoms with Gasteiger partial charge in [0.05, 0.1) is 65.8 Å². The summed E-state index contributed by atoms with van der Waals surface area (Å²) in [5, 5.41) is 0. The zero-order valence-electron chi connectivity index (χ0n) is 39.7. The van der Waals surface area contributed by atoms with E-state index in [0.717, 1.165) is 54.0 Å². The fraction of sp³-hybridized carbons (Fsp3) is 0.259. The maximum Gasteiger partial charge on any atom is 0.340 e. The van der Waals surface area contributed by atoms with E-state index in [1.54, 1.807) is 75.4 Å². The lowest BCUT2D eigenvalue weighted by Gasteiger charge is -2.23. The number of nitrogens with zero attached hydrogens (tertiary/aromatic N) is 6. The Morgan fingerprint density at radius 2 is 1.01 bits per heavy atom. The molecule has 0 spiro atoms. The van der Waals surface area contributed by atoms with Gasteiger partial charge in [-0.15, -0.1) is 0 Å². The van der Waals surface area contributed by atoms with Gasteiger partial charge in [-0.1, -0.05) is 24.3 Å². The predicted octanol–water partition coefficient (Wildman–Crippen LogP) is 9.04. The summed E-state index contributed by atoms with van der Waals surface area (Å²) in [6.07, 6.45) is 2.25. The number of carbonyl (C=O) groups excluding carboxylic acids is 6. The average molecular weight is 985 g/mol. The predicted molar refractivity (Wildman–Crippen MR) is 257 cm³/mol. The molecule has 4 aromatic carbocycles. The largest absolute Gasteiger partial charge is 0.465 e. The number of methoxy groups -OCH3 is 2. The number of aromatic nitrogens is 2. The molecule has 3 aliphatic rings. The zero-order valence-corrected chi connectivity index (χ0v) is 39.7. The molecule has 14 nitrogen and oxygen atoms in total. The third kappa shape index (κ3) is 11.2. The summed E-state index contributed by atoms with van der Waals surface area (Å²) < 4.78 is 62.9. The topological polar surface area (TPSA) is 160 Å². The number of fused-ring (bicyclic) bond motifs is 2. The molecule has 18 heteroatoms. The lowest BCUT2D eigenvalue weighted by Crippen LogP contribution is -2.34. The fourth-order valence-corrected chi connectivity index (χ4v) is 8.66. The second kappa shape index (κ2) is 21.4. The molecule has 9 rings (SSSR count). The average Bonchev–Trinajstić information content (AvgIpc) is 3.96. The first-order chi connectivity index (χ1) is 34.5. The molecule has 4 heterocycles. The van der Waals surface area contributed by atoms with Crippen LogP contribution in [0.4, 0.5) is 28.9 Å². The summed E-state index contributed by atoms with van der Waals surface area (Å²) in [5.74, 6) is -2.79. The van der Waals surface area contributed by atoms with Crippen LogP contribution in [0.3, 0.4) is 0 Å². The van der Waals surface area contributed by atoms with E-state index in [1.165, 1.54) is 62.8 Å². The van der Waals surface area contributed by atoms with Gasteiger partial charge in [-0.05, 0) is 114 Å². The first kappa shape index (κ1) is 50.1. The van der Waals surface area contributed by atoms with Crippen molar-refractivity contribution in [1.82, 2.24) is 19.8 Å².